The van der Waals surface area contributed by atoms with Crippen LogP contribution < -0.4 is 0 Å². The summed E-state index contributed by atoms with van der Waals surface area (Å²) < 4.78 is 0. The van der Waals surface area contributed by atoms with Crippen LogP contribution in [0.2, 0.25) is 0 Å². The monoisotopic (exact) mass is 243 g/mol. The number of hydrogen-bond acceptors (Lipinski definition) is 2. The first-order valence-corrected chi connectivity index (χ1v) is 6.26. The van der Waals surface area contributed by atoms with Crippen molar-refractivity contribution in [3.63, 3.8) is 0 Å². The highest BCUT2D eigenvalue weighted by molar-refractivity contribution is 5.77. The predicted molar refractivity (Wildman–Crippen MR) is 67.7 cm³/mol. The van der Waals surface area contributed by atoms with Crippen molar-refractivity contribution in [2.24, 2.45) is 17.8 Å². The molecule has 0 fully saturated rings. The van der Waals surface area contributed by atoms with Crippen molar-refractivity contribution >= 4 is 11.9 Å². The Kier molecular flexibility index (Phi) is 6.85. The molecule has 0 aliphatic carbocycles. The molecule has 0 aromatic rings. The Morgan fingerprint density at radius 1 is 1.24 bits per heavy atom. The van der Waals surface area contributed by atoms with Gasteiger partial charge in [-0.2, -0.15) is 0 Å². The van der Waals surface area contributed by atoms with Crippen LogP contribution in [0.1, 0.15) is 40.5 Å². The lowest BCUT2D eigenvalue weighted by atomic mass is 9.89. The van der Waals surface area contributed by atoms with Crippen LogP contribution in [0.15, 0.2) is 0 Å². The number of nitrogens with zero attached hydrogens (tertiary/aromatic N) is 1. The third kappa shape index (κ3) is 5.71. The normalized spacial score (nSPS) is 14.5. The summed E-state index contributed by atoms with van der Waals surface area (Å²) in [6, 6.07) is 0. The van der Waals surface area contributed by atoms with Crippen molar-refractivity contribution in [2.45, 2.75) is 40.5 Å². The molecular weight excluding hydrogens is 218 g/mol. The summed E-state index contributed by atoms with van der Waals surface area (Å²) in [6.07, 6.45) is 1.49. The van der Waals surface area contributed by atoms with Crippen LogP contribution >= 0.6 is 0 Å². The topological polar surface area (TPSA) is 57.6 Å². The zero-order chi connectivity index (χ0) is 13.6. The Labute approximate surface area is 104 Å². The fourth-order valence-electron chi connectivity index (χ4n) is 1.82. The lowest BCUT2D eigenvalue weighted by Crippen LogP contribution is -2.35. The Hall–Kier alpha value is -1.06. The Balaban J connectivity index is 4.26. The van der Waals surface area contributed by atoms with Gasteiger partial charge in [0.25, 0.3) is 0 Å². The van der Waals surface area contributed by atoms with E-state index in [1.54, 1.807) is 14.0 Å². The van der Waals surface area contributed by atoms with Crippen LogP contribution in [-0.2, 0) is 9.59 Å². The van der Waals surface area contributed by atoms with Gasteiger partial charge in [-0.05, 0) is 11.8 Å². The van der Waals surface area contributed by atoms with Crippen LogP contribution in [0.4, 0.5) is 0 Å². The molecule has 1 amide bonds. The number of carbonyl (C=O) groups excluding carboxylic acids is 1. The molecule has 2 unspecified atom stereocenters. The lowest BCUT2D eigenvalue weighted by Gasteiger charge is -2.24. The third-order valence-corrected chi connectivity index (χ3v) is 3.30. The molecule has 0 aliphatic rings. The van der Waals surface area contributed by atoms with Gasteiger partial charge in [0, 0.05) is 20.0 Å². The summed E-state index contributed by atoms with van der Waals surface area (Å²) in [5.41, 5.74) is 0. The Morgan fingerprint density at radius 3 is 2.12 bits per heavy atom. The molecule has 0 heterocycles. The zero-order valence-electron chi connectivity index (χ0n) is 11.6. The molecule has 0 radical (unpaired) electrons. The van der Waals surface area contributed by atoms with Gasteiger partial charge >= 0.3 is 5.97 Å². The molecule has 4 nitrogen and oxygen atoms in total. The number of aliphatic carboxylic acids is 1. The van der Waals surface area contributed by atoms with Crippen molar-refractivity contribution in [1.82, 2.24) is 4.90 Å². The number of carboxylic acid groups (broad SMARTS) is 1. The fourth-order valence-corrected chi connectivity index (χ4v) is 1.82. The molecule has 0 spiro atoms. The van der Waals surface area contributed by atoms with Crippen LogP contribution in [-0.4, -0.2) is 35.5 Å². The van der Waals surface area contributed by atoms with Gasteiger partial charge in [0.05, 0.1) is 5.92 Å². The average molecular weight is 243 g/mol. The molecule has 0 aromatic heterocycles. The number of carbonyl (C=O) groups is 2. The zero-order valence-corrected chi connectivity index (χ0v) is 11.6. The first kappa shape index (κ1) is 15.9. The third-order valence-electron chi connectivity index (χ3n) is 3.30. The van der Waals surface area contributed by atoms with E-state index in [9.17, 15) is 9.59 Å². The molecular formula is C13H25NO3. The van der Waals surface area contributed by atoms with E-state index in [0.29, 0.717) is 18.3 Å². The molecule has 0 bridgehead atoms. The minimum Gasteiger partial charge on any atom is -0.481 e. The summed E-state index contributed by atoms with van der Waals surface area (Å²) in [5.74, 6) is -0.471. The maximum Gasteiger partial charge on any atom is 0.308 e. The quantitative estimate of drug-likeness (QED) is 0.746. The van der Waals surface area contributed by atoms with Crippen molar-refractivity contribution in [1.29, 1.82) is 0 Å². The maximum absolute atomic E-state index is 11.9. The predicted octanol–water partition coefficient (Wildman–Crippen LogP) is 2.24. The van der Waals surface area contributed by atoms with Crippen molar-refractivity contribution < 1.29 is 14.7 Å². The van der Waals surface area contributed by atoms with Crippen LogP contribution in [0.3, 0.4) is 0 Å². The van der Waals surface area contributed by atoms with Gasteiger partial charge in [0.15, 0.2) is 0 Å². The van der Waals surface area contributed by atoms with E-state index < -0.39 is 11.9 Å². The lowest BCUT2D eigenvalue weighted by molar-refractivity contribution is -0.142. The van der Waals surface area contributed by atoms with E-state index in [1.807, 2.05) is 0 Å². The van der Waals surface area contributed by atoms with E-state index in [-0.39, 0.29) is 12.5 Å². The van der Waals surface area contributed by atoms with Crippen LogP contribution in [0.25, 0.3) is 0 Å². The fraction of sp³-hybridized carbons (Fsp3) is 0.846. The second-order valence-corrected chi connectivity index (χ2v) is 5.13. The van der Waals surface area contributed by atoms with Gasteiger partial charge < -0.3 is 10.0 Å². The summed E-state index contributed by atoms with van der Waals surface area (Å²) in [4.78, 5) is 24.1. The number of carboxylic acids is 1. The maximum atomic E-state index is 11.9. The molecule has 0 aromatic carbocycles. The summed E-state index contributed by atoms with van der Waals surface area (Å²) >= 11 is 0. The first-order chi connectivity index (χ1) is 7.79. The van der Waals surface area contributed by atoms with Gasteiger partial charge in [0.1, 0.15) is 0 Å². The van der Waals surface area contributed by atoms with Crippen LogP contribution in [0, 0.1) is 17.8 Å². The SMILES string of the molecule is CCC(CC(=O)N(C)CC(C)C(=O)O)C(C)C. The number of hydrogen-bond donors (Lipinski definition) is 1. The molecule has 4 heteroatoms. The summed E-state index contributed by atoms with van der Waals surface area (Å²) in [5, 5.41) is 8.79. The molecule has 0 aliphatic heterocycles. The largest absolute Gasteiger partial charge is 0.481 e. The Morgan fingerprint density at radius 2 is 1.76 bits per heavy atom. The minimum absolute atomic E-state index is 0.0404. The van der Waals surface area contributed by atoms with Crippen molar-refractivity contribution in [3.8, 4) is 0 Å². The molecule has 0 saturated carbocycles. The van der Waals surface area contributed by atoms with E-state index in [1.165, 1.54) is 4.90 Å². The summed E-state index contributed by atoms with van der Waals surface area (Å²) in [6.45, 7) is 8.20. The Bertz CT molecular complexity index is 263. The molecule has 0 saturated heterocycles. The van der Waals surface area contributed by atoms with E-state index in [4.69, 9.17) is 5.11 Å². The highest BCUT2D eigenvalue weighted by atomic mass is 16.4. The average Bonchev–Trinajstić information content (AvgIpc) is 2.24. The van der Waals surface area contributed by atoms with Gasteiger partial charge in [0.2, 0.25) is 5.91 Å². The molecule has 2 atom stereocenters. The van der Waals surface area contributed by atoms with Gasteiger partial charge in [-0.3, -0.25) is 9.59 Å². The van der Waals surface area contributed by atoms with Gasteiger partial charge in [-0.15, -0.1) is 0 Å². The number of amides is 1. The second kappa shape index (κ2) is 7.30. The van der Waals surface area contributed by atoms with Crippen molar-refractivity contribution in [3.05, 3.63) is 0 Å². The highest BCUT2D eigenvalue weighted by Gasteiger charge is 2.21. The second-order valence-electron chi connectivity index (χ2n) is 5.13. The number of rotatable bonds is 7. The molecule has 17 heavy (non-hydrogen) atoms. The summed E-state index contributed by atoms with van der Waals surface area (Å²) in [7, 11) is 1.68. The van der Waals surface area contributed by atoms with E-state index >= 15 is 0 Å². The molecule has 1 N–H and O–H groups in total. The van der Waals surface area contributed by atoms with Crippen molar-refractivity contribution in [2.75, 3.05) is 13.6 Å². The van der Waals surface area contributed by atoms with Crippen LogP contribution in [0.5, 0.6) is 0 Å². The highest BCUT2D eigenvalue weighted by Crippen LogP contribution is 2.19. The molecule has 0 rings (SSSR count). The smallest absolute Gasteiger partial charge is 0.308 e. The van der Waals surface area contributed by atoms with Gasteiger partial charge in [-0.25, -0.2) is 0 Å². The molecule has 100 valence electrons. The van der Waals surface area contributed by atoms with Gasteiger partial charge in [-0.1, -0.05) is 34.1 Å². The van der Waals surface area contributed by atoms with E-state index in [2.05, 4.69) is 20.8 Å². The first-order valence-electron chi connectivity index (χ1n) is 6.26. The standard InChI is InChI=1S/C13H25NO3/c1-6-11(9(2)3)7-12(15)14(5)8-10(4)13(16)17/h9-11H,6-8H2,1-5H3,(H,16,17). The van der Waals surface area contributed by atoms with E-state index in [0.717, 1.165) is 6.42 Å². The minimum atomic E-state index is -0.861.